The van der Waals surface area contributed by atoms with Crippen LogP contribution in [-0.2, 0) is 4.74 Å². The van der Waals surface area contributed by atoms with Crippen LogP contribution in [0.4, 0.5) is 5.69 Å². The number of nitro groups is 1. The van der Waals surface area contributed by atoms with Gasteiger partial charge in [-0.15, -0.1) is 0 Å². The number of carboxylic acid groups (broad SMARTS) is 1. The third-order valence-electron chi connectivity index (χ3n) is 4.81. The molecular weight excluding hydrogens is 386 g/mol. The van der Waals surface area contributed by atoms with Crippen LogP contribution in [0.25, 0.3) is 0 Å². The highest BCUT2D eigenvalue weighted by atomic mass is 16.6. The van der Waals surface area contributed by atoms with Crippen LogP contribution in [0.3, 0.4) is 0 Å². The van der Waals surface area contributed by atoms with Gasteiger partial charge in [-0.1, -0.05) is 73.7 Å². The number of carboxylic acids is 1. The summed E-state index contributed by atoms with van der Waals surface area (Å²) >= 11 is 0. The Morgan fingerprint density at radius 1 is 0.900 bits per heavy atom. The minimum atomic E-state index is -1.57. The summed E-state index contributed by atoms with van der Waals surface area (Å²) in [6, 6.07) is 22.0. The van der Waals surface area contributed by atoms with Gasteiger partial charge >= 0.3 is 11.9 Å². The molecule has 3 aromatic carbocycles. The normalized spacial score (nSPS) is 12.6. The zero-order chi connectivity index (χ0) is 21.7. The fourth-order valence-electron chi connectivity index (χ4n) is 3.30. The third-order valence-corrected chi connectivity index (χ3v) is 4.81. The maximum absolute atomic E-state index is 13.0. The number of hydrogen-bond donors (Lipinski definition) is 1. The van der Waals surface area contributed by atoms with E-state index >= 15 is 0 Å². The molecular formula is C23H19NO6. The van der Waals surface area contributed by atoms with Gasteiger partial charge in [-0.05, 0) is 17.2 Å². The van der Waals surface area contributed by atoms with E-state index in [1.807, 2.05) is 67.6 Å². The topological polar surface area (TPSA) is 107 Å². The molecule has 152 valence electrons. The van der Waals surface area contributed by atoms with Crippen molar-refractivity contribution in [3.8, 4) is 0 Å². The van der Waals surface area contributed by atoms with E-state index in [9.17, 15) is 24.8 Å². The Morgan fingerprint density at radius 3 is 2.00 bits per heavy atom. The number of rotatable bonds is 7. The molecule has 30 heavy (non-hydrogen) atoms. The molecule has 1 N–H and O–H groups in total. The second kappa shape index (κ2) is 9.00. The van der Waals surface area contributed by atoms with Gasteiger partial charge in [0, 0.05) is 12.0 Å². The van der Waals surface area contributed by atoms with Crippen LogP contribution >= 0.6 is 0 Å². The van der Waals surface area contributed by atoms with Gasteiger partial charge in [0.15, 0.2) is 5.56 Å². The highest BCUT2D eigenvalue weighted by Gasteiger charge is 2.31. The summed E-state index contributed by atoms with van der Waals surface area (Å²) in [5.41, 5.74) is -0.0601. The monoisotopic (exact) mass is 405 g/mol. The van der Waals surface area contributed by atoms with Crippen LogP contribution in [0.15, 0.2) is 78.9 Å². The van der Waals surface area contributed by atoms with E-state index in [4.69, 9.17) is 4.74 Å². The lowest BCUT2D eigenvalue weighted by atomic mass is 9.90. The van der Waals surface area contributed by atoms with Crippen molar-refractivity contribution in [1.29, 1.82) is 0 Å². The number of ether oxygens (including phenoxy) is 1. The number of esters is 1. The molecule has 7 heteroatoms. The maximum atomic E-state index is 13.0. The molecule has 0 saturated carbocycles. The van der Waals surface area contributed by atoms with Crippen LogP contribution in [0, 0.1) is 10.1 Å². The average molecular weight is 405 g/mol. The first-order valence-electron chi connectivity index (χ1n) is 9.21. The Kier molecular flexibility index (Phi) is 6.22. The van der Waals surface area contributed by atoms with Gasteiger partial charge < -0.3 is 9.84 Å². The third kappa shape index (κ3) is 4.35. The predicted octanol–water partition coefficient (Wildman–Crippen LogP) is 4.99. The quantitative estimate of drug-likeness (QED) is 0.337. The number of carbonyl (C=O) groups is 2. The smallest absolute Gasteiger partial charge is 0.343 e. The SMILES string of the molecule is CC(c1ccccc1)C(OC(=O)c1cccc([N+](=O)[O-])c1C(=O)O)c1ccccc1. The van der Waals surface area contributed by atoms with Gasteiger partial charge in [-0.2, -0.15) is 0 Å². The van der Waals surface area contributed by atoms with Crippen LogP contribution < -0.4 is 0 Å². The van der Waals surface area contributed by atoms with Gasteiger partial charge in [-0.3, -0.25) is 10.1 Å². The molecule has 0 aliphatic heterocycles. The van der Waals surface area contributed by atoms with E-state index in [0.29, 0.717) is 0 Å². The summed E-state index contributed by atoms with van der Waals surface area (Å²) in [5.74, 6) is -2.75. The maximum Gasteiger partial charge on any atom is 0.343 e. The average Bonchev–Trinajstić information content (AvgIpc) is 2.77. The Balaban J connectivity index is 2.02. The van der Waals surface area contributed by atoms with E-state index in [1.54, 1.807) is 0 Å². The van der Waals surface area contributed by atoms with Gasteiger partial charge in [0.1, 0.15) is 6.10 Å². The van der Waals surface area contributed by atoms with Crippen molar-refractivity contribution >= 4 is 17.6 Å². The highest BCUT2D eigenvalue weighted by Crippen LogP contribution is 2.35. The van der Waals surface area contributed by atoms with Crippen LogP contribution in [0.5, 0.6) is 0 Å². The molecule has 0 radical (unpaired) electrons. The summed E-state index contributed by atoms with van der Waals surface area (Å²) in [7, 11) is 0. The molecule has 0 spiro atoms. The van der Waals surface area contributed by atoms with Crippen LogP contribution in [0.2, 0.25) is 0 Å². The van der Waals surface area contributed by atoms with Crippen molar-refractivity contribution < 1.29 is 24.4 Å². The summed E-state index contributed by atoms with van der Waals surface area (Å²) in [6.45, 7) is 1.89. The molecule has 3 rings (SSSR count). The lowest BCUT2D eigenvalue weighted by Gasteiger charge is -2.25. The summed E-state index contributed by atoms with van der Waals surface area (Å²) in [6.07, 6.45) is -0.720. The largest absolute Gasteiger partial charge is 0.477 e. The van der Waals surface area contributed by atoms with Gasteiger partial charge in [0.2, 0.25) is 0 Å². The van der Waals surface area contributed by atoms with Crippen molar-refractivity contribution in [3.63, 3.8) is 0 Å². The minimum absolute atomic E-state index is 0.246. The molecule has 0 amide bonds. The molecule has 0 fully saturated rings. The minimum Gasteiger partial charge on any atom is -0.477 e. The number of aromatic carboxylic acids is 1. The zero-order valence-electron chi connectivity index (χ0n) is 16.1. The lowest BCUT2D eigenvalue weighted by Crippen LogP contribution is -2.20. The summed E-state index contributed by atoms with van der Waals surface area (Å²) in [4.78, 5) is 35.0. The molecule has 3 aromatic rings. The first-order chi connectivity index (χ1) is 14.4. The molecule has 0 aromatic heterocycles. The Bertz CT molecular complexity index is 1070. The number of benzene rings is 3. The lowest BCUT2D eigenvalue weighted by molar-refractivity contribution is -0.385. The highest BCUT2D eigenvalue weighted by molar-refractivity contribution is 6.05. The zero-order valence-corrected chi connectivity index (χ0v) is 16.1. The van der Waals surface area contributed by atoms with Crippen molar-refractivity contribution in [2.75, 3.05) is 0 Å². The second-order valence-electron chi connectivity index (χ2n) is 6.70. The van der Waals surface area contributed by atoms with E-state index in [1.165, 1.54) is 12.1 Å². The number of nitrogens with zero attached hydrogens (tertiary/aromatic N) is 1. The van der Waals surface area contributed by atoms with E-state index in [-0.39, 0.29) is 11.5 Å². The number of nitro benzene ring substituents is 1. The summed E-state index contributed by atoms with van der Waals surface area (Å²) < 4.78 is 5.74. The first-order valence-corrected chi connectivity index (χ1v) is 9.21. The molecule has 7 nitrogen and oxygen atoms in total. The molecule has 2 unspecified atom stereocenters. The predicted molar refractivity (Wildman–Crippen MR) is 110 cm³/mol. The molecule has 0 aliphatic rings. The number of hydrogen-bond acceptors (Lipinski definition) is 5. The van der Waals surface area contributed by atoms with Crippen LogP contribution in [0.1, 0.15) is 50.8 Å². The van der Waals surface area contributed by atoms with E-state index in [0.717, 1.165) is 17.2 Å². The molecule has 0 bridgehead atoms. The standard InChI is InChI=1S/C23H19NO6/c1-15(16-9-4-2-5-10-16)21(17-11-6-3-7-12-17)30-23(27)18-13-8-14-19(24(28)29)20(18)22(25)26/h2-15,21H,1H3,(H,25,26). The Hall–Kier alpha value is -4.00. The Labute approximate surface area is 172 Å². The fourth-order valence-corrected chi connectivity index (χ4v) is 3.30. The van der Waals surface area contributed by atoms with Crippen LogP contribution in [-0.4, -0.2) is 22.0 Å². The van der Waals surface area contributed by atoms with E-state index < -0.39 is 34.2 Å². The fraction of sp³-hybridized carbons (Fsp3) is 0.130. The first kappa shape index (κ1) is 20.7. The van der Waals surface area contributed by atoms with Gasteiger partial charge in [-0.25, -0.2) is 9.59 Å². The van der Waals surface area contributed by atoms with Crippen molar-refractivity contribution in [3.05, 3.63) is 111 Å². The second-order valence-corrected chi connectivity index (χ2v) is 6.70. The summed E-state index contributed by atoms with van der Waals surface area (Å²) in [5, 5.41) is 20.7. The number of carbonyl (C=O) groups excluding carboxylic acids is 1. The van der Waals surface area contributed by atoms with Gasteiger partial charge in [0.25, 0.3) is 5.69 Å². The molecule has 0 aliphatic carbocycles. The molecule has 0 saturated heterocycles. The van der Waals surface area contributed by atoms with E-state index in [2.05, 4.69) is 0 Å². The van der Waals surface area contributed by atoms with Crippen molar-refractivity contribution in [1.82, 2.24) is 0 Å². The van der Waals surface area contributed by atoms with Crippen molar-refractivity contribution in [2.45, 2.75) is 18.9 Å². The molecule has 0 heterocycles. The van der Waals surface area contributed by atoms with Crippen molar-refractivity contribution in [2.24, 2.45) is 0 Å². The Morgan fingerprint density at radius 2 is 1.47 bits per heavy atom. The van der Waals surface area contributed by atoms with Gasteiger partial charge in [0.05, 0.1) is 10.5 Å². The molecule has 2 atom stereocenters.